The topological polar surface area (TPSA) is 80.3 Å². The van der Waals surface area contributed by atoms with Crippen molar-refractivity contribution in [3.63, 3.8) is 0 Å². The van der Waals surface area contributed by atoms with Crippen molar-refractivity contribution in [3.05, 3.63) is 83.1 Å². The van der Waals surface area contributed by atoms with Crippen molar-refractivity contribution in [3.8, 4) is 11.5 Å². The molecular formula is C20H16ClN3O3. The molecule has 6 nitrogen and oxygen atoms in total. The molecule has 1 aromatic heterocycles. The minimum atomic E-state index is -0.351. The number of hydrogen-bond acceptors (Lipinski definition) is 4. The molecule has 1 heterocycles. The summed E-state index contributed by atoms with van der Waals surface area (Å²) in [5.41, 5.74) is 1.08. The zero-order chi connectivity index (χ0) is 19.2. The van der Waals surface area contributed by atoms with Gasteiger partial charge in [-0.3, -0.25) is 14.6 Å². The van der Waals surface area contributed by atoms with Crippen molar-refractivity contribution >= 4 is 29.1 Å². The number of benzene rings is 2. The van der Waals surface area contributed by atoms with E-state index < -0.39 is 0 Å². The van der Waals surface area contributed by atoms with Gasteiger partial charge >= 0.3 is 0 Å². The van der Waals surface area contributed by atoms with Crippen LogP contribution in [0.2, 0.25) is 5.02 Å². The lowest BCUT2D eigenvalue weighted by Gasteiger charge is -2.11. The van der Waals surface area contributed by atoms with E-state index in [0.29, 0.717) is 27.8 Å². The maximum Gasteiger partial charge on any atom is 0.255 e. The quantitative estimate of drug-likeness (QED) is 0.696. The molecule has 136 valence electrons. The van der Waals surface area contributed by atoms with E-state index >= 15 is 0 Å². The molecule has 3 aromatic rings. The number of ether oxygens (including phenoxy) is 1. The third-order valence-electron chi connectivity index (χ3n) is 3.69. The lowest BCUT2D eigenvalue weighted by atomic mass is 10.1. The van der Waals surface area contributed by atoms with Gasteiger partial charge in [-0.15, -0.1) is 0 Å². The van der Waals surface area contributed by atoms with Crippen LogP contribution in [0.15, 0.2) is 67.0 Å². The van der Waals surface area contributed by atoms with E-state index in [4.69, 9.17) is 16.3 Å². The fourth-order valence-electron chi connectivity index (χ4n) is 2.36. The van der Waals surface area contributed by atoms with Gasteiger partial charge in [-0.25, -0.2) is 0 Å². The molecule has 0 fully saturated rings. The van der Waals surface area contributed by atoms with Crippen LogP contribution in [0.5, 0.6) is 11.5 Å². The van der Waals surface area contributed by atoms with Gasteiger partial charge in [0.2, 0.25) is 0 Å². The number of pyridine rings is 1. The molecule has 0 spiro atoms. The standard InChI is InChI=1S/C20H16ClN3O3/c1-22-20(26)17-11-14(21)6-9-18(17)24-19(25)13-4-7-15(8-5-13)27-16-3-2-10-23-12-16/h2-12H,1H3,(H,22,26)(H,24,25). The summed E-state index contributed by atoms with van der Waals surface area (Å²) in [7, 11) is 1.51. The molecule has 0 saturated carbocycles. The van der Waals surface area contributed by atoms with Crippen molar-refractivity contribution in [1.82, 2.24) is 10.3 Å². The molecule has 0 aliphatic rings. The Morgan fingerprint density at radius 3 is 2.44 bits per heavy atom. The number of anilines is 1. The van der Waals surface area contributed by atoms with Crippen molar-refractivity contribution in [2.45, 2.75) is 0 Å². The molecule has 0 aliphatic heterocycles. The molecule has 0 atom stereocenters. The number of aromatic nitrogens is 1. The summed E-state index contributed by atoms with van der Waals surface area (Å²) in [5, 5.41) is 5.66. The number of hydrogen-bond donors (Lipinski definition) is 2. The smallest absolute Gasteiger partial charge is 0.255 e. The number of halogens is 1. The first-order valence-electron chi connectivity index (χ1n) is 8.08. The van der Waals surface area contributed by atoms with E-state index in [1.807, 2.05) is 0 Å². The summed E-state index contributed by atoms with van der Waals surface area (Å²) >= 11 is 5.94. The van der Waals surface area contributed by atoms with Gasteiger partial charge in [0.15, 0.2) is 0 Å². The van der Waals surface area contributed by atoms with Crippen LogP contribution in [-0.4, -0.2) is 23.8 Å². The van der Waals surface area contributed by atoms with Crippen molar-refractivity contribution < 1.29 is 14.3 Å². The van der Waals surface area contributed by atoms with Crippen LogP contribution in [0.3, 0.4) is 0 Å². The highest BCUT2D eigenvalue weighted by atomic mass is 35.5. The fourth-order valence-corrected chi connectivity index (χ4v) is 2.53. The number of nitrogens with one attached hydrogen (secondary N) is 2. The van der Waals surface area contributed by atoms with Gasteiger partial charge < -0.3 is 15.4 Å². The second-order valence-corrected chi connectivity index (χ2v) is 5.97. The van der Waals surface area contributed by atoms with Crippen molar-refractivity contribution in [2.75, 3.05) is 12.4 Å². The Morgan fingerprint density at radius 2 is 1.78 bits per heavy atom. The molecule has 3 rings (SSSR count). The molecule has 7 heteroatoms. The minimum Gasteiger partial charge on any atom is -0.456 e. The fraction of sp³-hybridized carbons (Fsp3) is 0.0500. The van der Waals surface area contributed by atoms with Gasteiger partial charge in [0.1, 0.15) is 11.5 Å². The van der Waals surface area contributed by atoms with Gasteiger partial charge in [0.05, 0.1) is 17.4 Å². The van der Waals surface area contributed by atoms with Gasteiger partial charge in [0, 0.05) is 23.8 Å². The van der Waals surface area contributed by atoms with Gasteiger partial charge in [-0.2, -0.15) is 0 Å². The summed E-state index contributed by atoms with van der Waals surface area (Å²) in [5.74, 6) is 0.492. The van der Waals surface area contributed by atoms with E-state index in [2.05, 4.69) is 15.6 Å². The number of amides is 2. The predicted octanol–water partition coefficient (Wildman–Crippen LogP) is 4.14. The minimum absolute atomic E-state index is 0.287. The monoisotopic (exact) mass is 381 g/mol. The van der Waals surface area contributed by atoms with Gasteiger partial charge in [-0.1, -0.05) is 11.6 Å². The van der Waals surface area contributed by atoms with Crippen LogP contribution in [0.4, 0.5) is 5.69 Å². The number of carbonyl (C=O) groups excluding carboxylic acids is 2. The Bertz CT molecular complexity index is 960. The molecule has 2 amide bonds. The largest absolute Gasteiger partial charge is 0.456 e. The first kappa shape index (κ1) is 18.4. The van der Waals surface area contributed by atoms with Crippen LogP contribution in [0.1, 0.15) is 20.7 Å². The Kier molecular flexibility index (Phi) is 5.68. The highest BCUT2D eigenvalue weighted by Crippen LogP contribution is 2.23. The number of carbonyl (C=O) groups is 2. The maximum atomic E-state index is 12.5. The third kappa shape index (κ3) is 4.62. The van der Waals surface area contributed by atoms with E-state index in [1.165, 1.54) is 13.1 Å². The van der Waals surface area contributed by atoms with E-state index in [0.717, 1.165) is 0 Å². The van der Waals surface area contributed by atoms with Crippen LogP contribution in [0.25, 0.3) is 0 Å². The number of nitrogens with zero attached hydrogens (tertiary/aromatic N) is 1. The third-order valence-corrected chi connectivity index (χ3v) is 3.92. The van der Waals surface area contributed by atoms with Crippen molar-refractivity contribution in [2.24, 2.45) is 0 Å². The normalized spacial score (nSPS) is 10.1. The number of rotatable bonds is 5. The Morgan fingerprint density at radius 1 is 1.00 bits per heavy atom. The predicted molar refractivity (Wildman–Crippen MR) is 104 cm³/mol. The van der Waals surface area contributed by atoms with Crippen LogP contribution in [-0.2, 0) is 0 Å². The second kappa shape index (κ2) is 8.33. The first-order chi connectivity index (χ1) is 13.1. The Labute approximate surface area is 161 Å². The van der Waals surface area contributed by atoms with Crippen LogP contribution < -0.4 is 15.4 Å². The zero-order valence-electron chi connectivity index (χ0n) is 14.4. The molecule has 27 heavy (non-hydrogen) atoms. The summed E-state index contributed by atoms with van der Waals surface area (Å²) < 4.78 is 5.65. The summed E-state index contributed by atoms with van der Waals surface area (Å²) in [6, 6.07) is 14.9. The van der Waals surface area contributed by atoms with Crippen LogP contribution >= 0.6 is 11.6 Å². The van der Waals surface area contributed by atoms with E-state index in [-0.39, 0.29) is 17.4 Å². The summed E-state index contributed by atoms with van der Waals surface area (Å²) in [6.07, 6.45) is 3.26. The lowest BCUT2D eigenvalue weighted by molar-refractivity contribution is 0.0964. The van der Waals surface area contributed by atoms with Crippen LogP contribution in [0, 0.1) is 0 Å². The molecular weight excluding hydrogens is 366 g/mol. The second-order valence-electron chi connectivity index (χ2n) is 5.54. The Balaban J connectivity index is 1.74. The average Bonchev–Trinajstić information content (AvgIpc) is 2.70. The zero-order valence-corrected chi connectivity index (χ0v) is 15.2. The lowest BCUT2D eigenvalue weighted by Crippen LogP contribution is -2.21. The molecule has 2 N–H and O–H groups in total. The highest BCUT2D eigenvalue weighted by Gasteiger charge is 2.14. The molecule has 0 aliphatic carbocycles. The van der Waals surface area contributed by atoms with Gasteiger partial charge in [0.25, 0.3) is 11.8 Å². The first-order valence-corrected chi connectivity index (χ1v) is 8.45. The molecule has 0 radical (unpaired) electrons. The van der Waals surface area contributed by atoms with E-state index in [9.17, 15) is 9.59 Å². The molecule has 0 bridgehead atoms. The summed E-state index contributed by atoms with van der Waals surface area (Å²) in [4.78, 5) is 28.5. The van der Waals surface area contributed by atoms with Crippen molar-refractivity contribution in [1.29, 1.82) is 0 Å². The highest BCUT2D eigenvalue weighted by molar-refractivity contribution is 6.31. The maximum absolute atomic E-state index is 12.5. The molecule has 0 unspecified atom stereocenters. The SMILES string of the molecule is CNC(=O)c1cc(Cl)ccc1NC(=O)c1ccc(Oc2cccnc2)cc1. The average molecular weight is 382 g/mol. The summed E-state index contributed by atoms with van der Waals surface area (Å²) in [6.45, 7) is 0. The Hall–Kier alpha value is -3.38. The molecule has 0 saturated heterocycles. The van der Waals surface area contributed by atoms with E-state index in [1.54, 1.807) is 60.9 Å². The molecule has 2 aromatic carbocycles. The van der Waals surface area contributed by atoms with Gasteiger partial charge in [-0.05, 0) is 54.6 Å².